The van der Waals surface area contributed by atoms with Gasteiger partial charge in [0.15, 0.2) is 0 Å². The summed E-state index contributed by atoms with van der Waals surface area (Å²) < 4.78 is 6.61. The number of hydrogen-bond donors (Lipinski definition) is 0. The maximum Gasteiger partial charge on any atom is 0.143 e. The summed E-state index contributed by atoms with van der Waals surface area (Å²) in [5.41, 5.74) is 14.4. The Bertz CT molecular complexity index is 3250. The smallest absolute Gasteiger partial charge is 0.143 e. The van der Waals surface area contributed by atoms with Crippen LogP contribution in [0.5, 0.6) is 0 Å². The lowest BCUT2D eigenvalue weighted by Crippen LogP contribution is -2.10. The predicted octanol–water partition coefficient (Wildman–Crippen LogP) is 16.0. The van der Waals surface area contributed by atoms with E-state index in [1.165, 1.54) is 43.8 Å². The number of para-hydroxylation sites is 1. The molecule has 1 heterocycles. The summed E-state index contributed by atoms with van der Waals surface area (Å²) in [6, 6.07) is 80.6. The number of nitrogens with zero attached hydrogens (tertiary/aromatic N) is 1. The molecule has 272 valence electrons. The molecule has 11 rings (SSSR count). The van der Waals surface area contributed by atoms with Crippen molar-refractivity contribution in [3.8, 4) is 44.5 Å². The molecular weight excluding hydrogens is 703 g/mol. The molecule has 0 aliphatic heterocycles. The van der Waals surface area contributed by atoms with Crippen LogP contribution in [0, 0.1) is 0 Å². The van der Waals surface area contributed by atoms with E-state index in [-0.39, 0.29) is 0 Å². The number of rotatable bonds is 7. The van der Waals surface area contributed by atoms with Gasteiger partial charge in [-0.1, -0.05) is 176 Å². The lowest BCUT2D eigenvalue weighted by molar-refractivity contribution is 0.670. The second-order valence-corrected chi connectivity index (χ2v) is 14.9. The quantitative estimate of drug-likeness (QED) is 0.151. The van der Waals surface area contributed by atoms with Gasteiger partial charge < -0.3 is 9.32 Å². The van der Waals surface area contributed by atoms with Crippen LogP contribution in [0.3, 0.4) is 0 Å². The molecule has 0 aliphatic rings. The van der Waals surface area contributed by atoms with Crippen molar-refractivity contribution < 1.29 is 4.42 Å². The molecule has 1 aromatic heterocycles. The summed E-state index contributed by atoms with van der Waals surface area (Å²) >= 11 is 0. The topological polar surface area (TPSA) is 16.4 Å². The molecule has 0 N–H and O–H groups in total. The molecule has 0 unspecified atom stereocenters. The van der Waals surface area contributed by atoms with Gasteiger partial charge in [-0.15, -0.1) is 0 Å². The average molecular weight is 740 g/mol. The summed E-state index contributed by atoms with van der Waals surface area (Å²) in [6.07, 6.45) is 0. The van der Waals surface area contributed by atoms with Crippen LogP contribution >= 0.6 is 0 Å². The monoisotopic (exact) mass is 739 g/mol. The molecule has 0 atom stereocenters. The van der Waals surface area contributed by atoms with Crippen LogP contribution < -0.4 is 4.90 Å². The maximum atomic E-state index is 6.61. The Hall–Kier alpha value is -7.68. The van der Waals surface area contributed by atoms with Crippen molar-refractivity contribution in [2.45, 2.75) is 0 Å². The van der Waals surface area contributed by atoms with Crippen molar-refractivity contribution in [3.05, 3.63) is 224 Å². The minimum absolute atomic E-state index is 0.892. The van der Waals surface area contributed by atoms with Gasteiger partial charge in [0.05, 0.1) is 0 Å². The van der Waals surface area contributed by atoms with E-state index in [1.54, 1.807) is 0 Å². The molecule has 0 amide bonds. The Morgan fingerprint density at radius 1 is 0.293 bits per heavy atom. The van der Waals surface area contributed by atoms with Gasteiger partial charge in [0.2, 0.25) is 0 Å². The SMILES string of the molecule is c1ccc(-c2ccccc2-c2ccc(N(c3ccc(-c4ccc(-c5ccccc5)c5oc6ccccc6c45)cc3)c3ccc4ccc5ccccc5c4c3)cc2)cc1. The van der Waals surface area contributed by atoms with E-state index in [0.29, 0.717) is 0 Å². The zero-order chi connectivity index (χ0) is 38.4. The Morgan fingerprint density at radius 3 is 1.43 bits per heavy atom. The first kappa shape index (κ1) is 33.6. The normalized spacial score (nSPS) is 11.4. The molecule has 11 aromatic rings. The first-order chi connectivity index (χ1) is 28.8. The predicted molar refractivity (Wildman–Crippen MR) is 245 cm³/mol. The molecule has 10 aromatic carbocycles. The summed E-state index contributed by atoms with van der Waals surface area (Å²) in [4.78, 5) is 2.37. The number of hydrogen-bond acceptors (Lipinski definition) is 2. The molecule has 0 spiro atoms. The zero-order valence-corrected chi connectivity index (χ0v) is 31.7. The molecule has 0 saturated carbocycles. The van der Waals surface area contributed by atoms with Gasteiger partial charge in [-0.25, -0.2) is 0 Å². The summed E-state index contributed by atoms with van der Waals surface area (Å²) in [6.45, 7) is 0. The highest BCUT2D eigenvalue weighted by molar-refractivity contribution is 6.16. The molecule has 0 saturated heterocycles. The van der Waals surface area contributed by atoms with Crippen molar-refractivity contribution in [1.29, 1.82) is 0 Å². The van der Waals surface area contributed by atoms with Crippen LogP contribution in [0.1, 0.15) is 0 Å². The summed E-state index contributed by atoms with van der Waals surface area (Å²) in [5.74, 6) is 0. The lowest BCUT2D eigenvalue weighted by Gasteiger charge is -2.26. The summed E-state index contributed by atoms with van der Waals surface area (Å²) in [5, 5.41) is 7.20. The highest BCUT2D eigenvalue weighted by Gasteiger charge is 2.19. The fraction of sp³-hybridized carbons (Fsp3) is 0. The van der Waals surface area contributed by atoms with Gasteiger partial charge in [-0.2, -0.15) is 0 Å². The largest absolute Gasteiger partial charge is 0.455 e. The molecule has 0 fully saturated rings. The van der Waals surface area contributed by atoms with Crippen LogP contribution in [-0.2, 0) is 0 Å². The van der Waals surface area contributed by atoms with Crippen LogP contribution in [-0.4, -0.2) is 0 Å². The zero-order valence-electron chi connectivity index (χ0n) is 31.7. The first-order valence-electron chi connectivity index (χ1n) is 19.8. The van der Waals surface area contributed by atoms with Crippen molar-refractivity contribution in [2.24, 2.45) is 0 Å². The second-order valence-electron chi connectivity index (χ2n) is 14.9. The van der Waals surface area contributed by atoms with E-state index < -0.39 is 0 Å². The Labute approximate surface area is 337 Å². The molecule has 2 nitrogen and oxygen atoms in total. The van der Waals surface area contributed by atoms with Gasteiger partial charge in [0.1, 0.15) is 11.2 Å². The fourth-order valence-corrected chi connectivity index (χ4v) is 8.67. The highest BCUT2D eigenvalue weighted by atomic mass is 16.3. The third-order valence-corrected chi connectivity index (χ3v) is 11.5. The van der Waals surface area contributed by atoms with Gasteiger partial charge >= 0.3 is 0 Å². The highest BCUT2D eigenvalue weighted by Crippen LogP contribution is 2.44. The number of benzene rings is 10. The van der Waals surface area contributed by atoms with E-state index in [0.717, 1.165) is 61.3 Å². The van der Waals surface area contributed by atoms with Crippen LogP contribution in [0.4, 0.5) is 17.1 Å². The number of fused-ring (bicyclic) bond motifs is 6. The van der Waals surface area contributed by atoms with Crippen molar-refractivity contribution >= 4 is 60.5 Å². The molecule has 0 aliphatic carbocycles. The Kier molecular flexibility index (Phi) is 8.19. The van der Waals surface area contributed by atoms with Gasteiger partial charge in [0, 0.05) is 33.4 Å². The average Bonchev–Trinajstić information content (AvgIpc) is 3.70. The van der Waals surface area contributed by atoms with Crippen LogP contribution in [0.25, 0.3) is 88.0 Å². The first-order valence-corrected chi connectivity index (χ1v) is 19.8. The van der Waals surface area contributed by atoms with Crippen molar-refractivity contribution in [2.75, 3.05) is 4.90 Å². The number of anilines is 3. The Balaban J connectivity index is 1.05. The van der Waals surface area contributed by atoms with Crippen LogP contribution in [0.2, 0.25) is 0 Å². The third-order valence-electron chi connectivity index (χ3n) is 11.5. The Morgan fingerprint density at radius 2 is 0.759 bits per heavy atom. The molecule has 2 heteroatoms. The van der Waals surface area contributed by atoms with E-state index in [1.807, 2.05) is 6.07 Å². The van der Waals surface area contributed by atoms with E-state index in [9.17, 15) is 0 Å². The molecular formula is C56H37NO. The van der Waals surface area contributed by atoms with Gasteiger partial charge in [0.25, 0.3) is 0 Å². The second kappa shape index (κ2) is 14.1. The fourth-order valence-electron chi connectivity index (χ4n) is 8.67. The lowest BCUT2D eigenvalue weighted by atomic mass is 9.94. The van der Waals surface area contributed by atoms with E-state index >= 15 is 0 Å². The summed E-state index contributed by atoms with van der Waals surface area (Å²) in [7, 11) is 0. The molecule has 58 heavy (non-hydrogen) atoms. The van der Waals surface area contributed by atoms with Gasteiger partial charge in [-0.3, -0.25) is 0 Å². The molecule has 0 radical (unpaired) electrons. The maximum absolute atomic E-state index is 6.61. The van der Waals surface area contributed by atoms with E-state index in [4.69, 9.17) is 4.42 Å². The van der Waals surface area contributed by atoms with Gasteiger partial charge in [-0.05, 0) is 109 Å². The van der Waals surface area contributed by atoms with Crippen molar-refractivity contribution in [1.82, 2.24) is 0 Å². The minimum atomic E-state index is 0.892. The van der Waals surface area contributed by atoms with Crippen molar-refractivity contribution in [3.63, 3.8) is 0 Å². The molecule has 0 bridgehead atoms. The van der Waals surface area contributed by atoms with Crippen LogP contribution in [0.15, 0.2) is 229 Å². The van der Waals surface area contributed by atoms with E-state index in [2.05, 4.69) is 223 Å². The number of furan rings is 1. The minimum Gasteiger partial charge on any atom is -0.455 e. The standard InChI is InChI=1S/C56H37NO/c1-3-13-38(14-4-1)47-18-9-10-19-48(47)41-25-30-44(31-26-41)57(46-34-29-43-24-23-40-17-7-8-20-49(40)53(43)37-46)45-32-27-42(28-33-45)50-35-36-51(39-15-5-2-6-16-39)56-55(50)52-21-11-12-22-54(52)58-56/h1-37H. The third kappa shape index (κ3) is 5.82.